The lowest BCUT2D eigenvalue weighted by molar-refractivity contribution is -0.137. The Hall–Kier alpha value is -2.86. The van der Waals surface area contributed by atoms with Crippen molar-refractivity contribution in [2.75, 3.05) is 4.72 Å². The van der Waals surface area contributed by atoms with E-state index in [1.807, 2.05) is 9.82 Å². The maximum atomic E-state index is 13.4. The first-order valence-corrected chi connectivity index (χ1v) is 9.17. The highest BCUT2D eigenvalue weighted by molar-refractivity contribution is 7.92. The molecule has 7 nitrogen and oxygen atoms in total. The summed E-state index contributed by atoms with van der Waals surface area (Å²) < 4.78 is 79.8. The molecular weight excluding hydrogens is 428 g/mol. The number of sulfonamides is 1. The van der Waals surface area contributed by atoms with E-state index >= 15 is 0 Å². The second-order valence-electron chi connectivity index (χ2n) is 5.50. The van der Waals surface area contributed by atoms with Crippen LogP contribution in [0.2, 0.25) is 5.02 Å². The van der Waals surface area contributed by atoms with Crippen LogP contribution in [0.25, 0.3) is 11.4 Å². The fraction of sp³-hybridized carbons (Fsp3) is 0.0667. The predicted octanol–water partition coefficient (Wildman–Crippen LogP) is 3.38. The van der Waals surface area contributed by atoms with E-state index in [4.69, 9.17) is 11.6 Å². The van der Waals surface area contributed by atoms with Crippen LogP contribution in [0.15, 0.2) is 46.1 Å². The van der Waals surface area contributed by atoms with Crippen LogP contribution in [-0.4, -0.2) is 23.6 Å². The average Bonchev–Trinajstić information content (AvgIpc) is 3.02. The van der Waals surface area contributed by atoms with Crippen molar-refractivity contribution in [1.82, 2.24) is 15.2 Å². The second kappa shape index (κ2) is 6.95. The summed E-state index contributed by atoms with van der Waals surface area (Å²) in [5, 5.41) is 5.19. The number of aromatic nitrogens is 3. The van der Waals surface area contributed by atoms with Gasteiger partial charge >= 0.3 is 11.9 Å². The number of benzene rings is 2. The van der Waals surface area contributed by atoms with Gasteiger partial charge in [-0.3, -0.25) is 9.71 Å². The first-order valence-electron chi connectivity index (χ1n) is 7.31. The minimum Gasteiger partial charge on any atom is -0.289 e. The summed E-state index contributed by atoms with van der Waals surface area (Å²) in [6.07, 6.45) is -4.82. The molecule has 3 rings (SSSR count). The van der Waals surface area contributed by atoms with Gasteiger partial charge in [-0.15, -0.1) is 0 Å². The van der Waals surface area contributed by atoms with Gasteiger partial charge in [0.2, 0.25) is 0 Å². The van der Waals surface area contributed by atoms with Gasteiger partial charge in [0.1, 0.15) is 10.7 Å². The molecule has 2 aromatic carbocycles. The Morgan fingerprint density at radius 2 is 1.82 bits per heavy atom. The molecule has 1 aromatic heterocycles. The molecule has 0 atom stereocenters. The number of alkyl halides is 3. The molecule has 28 heavy (non-hydrogen) atoms. The van der Waals surface area contributed by atoms with Crippen LogP contribution in [0.1, 0.15) is 5.56 Å². The monoisotopic (exact) mass is 436 g/mol. The van der Waals surface area contributed by atoms with E-state index in [1.54, 1.807) is 0 Å². The molecule has 0 aliphatic heterocycles. The van der Waals surface area contributed by atoms with Crippen LogP contribution in [-0.2, 0) is 16.2 Å². The van der Waals surface area contributed by atoms with Gasteiger partial charge in [0, 0.05) is 5.56 Å². The molecule has 1 heterocycles. The number of H-pyrrole nitrogens is 2. The van der Waals surface area contributed by atoms with Gasteiger partial charge in [-0.1, -0.05) is 11.6 Å². The highest BCUT2D eigenvalue weighted by Crippen LogP contribution is 2.35. The topological polar surface area (TPSA) is 108 Å². The van der Waals surface area contributed by atoms with E-state index in [9.17, 15) is 30.8 Å². The smallest absolute Gasteiger partial charge is 0.289 e. The standard InChI is InChI=1S/C15H9ClF4N4O3S/c16-11-2-1-9(17)6-12(11)28(26,27)24-10-4-7(13-21-14(25)23-22-13)3-8(5-10)15(18,19)20/h1-6,24H,(H2,21,22,23,25). The molecule has 0 saturated heterocycles. The molecule has 0 spiro atoms. The van der Waals surface area contributed by atoms with Crippen molar-refractivity contribution in [2.24, 2.45) is 0 Å². The predicted molar refractivity (Wildman–Crippen MR) is 91.9 cm³/mol. The minimum absolute atomic E-state index is 0.212. The van der Waals surface area contributed by atoms with Gasteiger partial charge in [0.25, 0.3) is 10.0 Å². The summed E-state index contributed by atoms with van der Waals surface area (Å²) in [6, 6.07) is 4.80. The third kappa shape index (κ3) is 4.17. The van der Waals surface area contributed by atoms with Crippen LogP contribution in [0, 0.1) is 5.82 Å². The summed E-state index contributed by atoms with van der Waals surface area (Å²) in [7, 11) is -4.51. The van der Waals surface area contributed by atoms with Gasteiger partial charge in [-0.05, 0) is 36.4 Å². The van der Waals surface area contributed by atoms with Gasteiger partial charge in [0.15, 0.2) is 5.82 Å². The van der Waals surface area contributed by atoms with E-state index in [0.29, 0.717) is 18.2 Å². The van der Waals surface area contributed by atoms with Gasteiger partial charge in [0.05, 0.1) is 16.3 Å². The molecule has 13 heteroatoms. The lowest BCUT2D eigenvalue weighted by Gasteiger charge is -2.14. The van der Waals surface area contributed by atoms with E-state index < -0.39 is 43.9 Å². The lowest BCUT2D eigenvalue weighted by atomic mass is 10.1. The Morgan fingerprint density at radius 3 is 2.43 bits per heavy atom. The zero-order valence-corrected chi connectivity index (χ0v) is 15.0. The second-order valence-corrected chi connectivity index (χ2v) is 7.56. The van der Waals surface area contributed by atoms with Gasteiger partial charge in [-0.25, -0.2) is 22.7 Å². The molecule has 0 amide bonds. The molecule has 0 unspecified atom stereocenters. The van der Waals surface area contributed by atoms with Crippen molar-refractivity contribution in [2.45, 2.75) is 11.1 Å². The molecule has 0 fully saturated rings. The van der Waals surface area contributed by atoms with Gasteiger partial charge < -0.3 is 0 Å². The first kappa shape index (κ1) is 19.9. The zero-order chi connectivity index (χ0) is 20.7. The van der Waals surface area contributed by atoms with Crippen molar-refractivity contribution < 1.29 is 26.0 Å². The summed E-state index contributed by atoms with van der Waals surface area (Å²) in [6.45, 7) is 0. The molecule has 0 aliphatic rings. The first-order chi connectivity index (χ1) is 13.0. The summed E-state index contributed by atoms with van der Waals surface area (Å²) in [5.41, 5.74) is -2.66. The van der Waals surface area contributed by atoms with Crippen molar-refractivity contribution in [3.63, 3.8) is 0 Å². The van der Waals surface area contributed by atoms with E-state index in [1.165, 1.54) is 0 Å². The number of hydrogen-bond acceptors (Lipinski definition) is 4. The van der Waals surface area contributed by atoms with Crippen molar-refractivity contribution in [3.05, 3.63) is 63.3 Å². The zero-order valence-electron chi connectivity index (χ0n) is 13.4. The normalized spacial score (nSPS) is 12.2. The van der Waals surface area contributed by atoms with Crippen LogP contribution in [0.4, 0.5) is 23.2 Å². The molecule has 0 saturated carbocycles. The number of nitrogens with one attached hydrogen (secondary N) is 3. The number of nitrogens with zero attached hydrogens (tertiary/aromatic N) is 1. The molecule has 148 valence electrons. The fourth-order valence-corrected chi connectivity index (χ4v) is 3.84. The van der Waals surface area contributed by atoms with Gasteiger partial charge in [-0.2, -0.15) is 18.3 Å². The Labute approximate surface area is 159 Å². The SMILES string of the molecule is O=c1[nH]nc(-c2cc(NS(=O)(=O)c3cc(F)ccc3Cl)cc(C(F)(F)F)c2)[nH]1. The summed E-state index contributed by atoms with van der Waals surface area (Å²) in [4.78, 5) is 12.7. The van der Waals surface area contributed by atoms with Crippen molar-refractivity contribution in [1.29, 1.82) is 0 Å². The number of rotatable bonds is 4. The number of halogens is 5. The Kier molecular flexibility index (Phi) is 4.93. The fourth-order valence-electron chi connectivity index (χ4n) is 2.29. The average molecular weight is 437 g/mol. The maximum Gasteiger partial charge on any atom is 0.416 e. The largest absolute Gasteiger partial charge is 0.416 e. The number of anilines is 1. The number of aromatic amines is 2. The highest BCUT2D eigenvalue weighted by Gasteiger charge is 2.32. The van der Waals surface area contributed by atoms with E-state index in [-0.39, 0.29) is 16.4 Å². The highest BCUT2D eigenvalue weighted by atomic mass is 35.5. The summed E-state index contributed by atoms with van der Waals surface area (Å²) in [5.74, 6) is -1.14. The Balaban J connectivity index is 2.10. The van der Waals surface area contributed by atoms with Crippen molar-refractivity contribution >= 4 is 27.3 Å². The quantitative estimate of drug-likeness (QED) is 0.545. The molecule has 0 bridgehead atoms. The Bertz CT molecular complexity index is 1200. The molecule has 3 aromatic rings. The third-order valence-corrected chi connectivity index (χ3v) is 5.33. The van der Waals surface area contributed by atoms with E-state index in [0.717, 1.165) is 18.2 Å². The molecule has 3 N–H and O–H groups in total. The van der Waals surface area contributed by atoms with Crippen LogP contribution >= 0.6 is 11.6 Å². The lowest BCUT2D eigenvalue weighted by Crippen LogP contribution is -2.15. The molecule has 0 aliphatic carbocycles. The Morgan fingerprint density at radius 1 is 1.11 bits per heavy atom. The maximum absolute atomic E-state index is 13.4. The van der Waals surface area contributed by atoms with Crippen molar-refractivity contribution in [3.8, 4) is 11.4 Å². The minimum atomic E-state index is -4.82. The molecular formula is C15H9ClF4N4O3S. The third-order valence-electron chi connectivity index (χ3n) is 3.47. The molecule has 0 radical (unpaired) electrons. The summed E-state index contributed by atoms with van der Waals surface area (Å²) >= 11 is 5.76. The van der Waals surface area contributed by atoms with Crippen LogP contribution in [0.3, 0.4) is 0 Å². The van der Waals surface area contributed by atoms with Crippen LogP contribution in [0.5, 0.6) is 0 Å². The van der Waals surface area contributed by atoms with Crippen LogP contribution < -0.4 is 10.4 Å². The van der Waals surface area contributed by atoms with E-state index in [2.05, 4.69) is 10.1 Å². The number of hydrogen-bond donors (Lipinski definition) is 3.